The van der Waals surface area contributed by atoms with E-state index in [0.29, 0.717) is 6.42 Å². The molecule has 0 aliphatic carbocycles. The van der Waals surface area contributed by atoms with Crippen LogP contribution < -0.4 is 0 Å². The van der Waals surface area contributed by atoms with Gasteiger partial charge in [0.1, 0.15) is 5.60 Å². The van der Waals surface area contributed by atoms with Crippen LogP contribution >= 0.6 is 22.6 Å². The summed E-state index contributed by atoms with van der Waals surface area (Å²) in [5.74, 6) is -0.445. The smallest absolute Gasteiger partial charge is 0.196 e. The van der Waals surface area contributed by atoms with Crippen LogP contribution in [0.5, 0.6) is 0 Å². The molecule has 1 N–H and O–H groups in total. The van der Waals surface area contributed by atoms with Crippen molar-refractivity contribution in [1.82, 2.24) is 0 Å². The van der Waals surface area contributed by atoms with Crippen molar-refractivity contribution < 1.29 is 19.0 Å². The van der Waals surface area contributed by atoms with E-state index in [4.69, 9.17) is 13.9 Å². The number of aliphatic hydroxyl groups is 1. The second kappa shape index (κ2) is 8.48. The second-order valence-corrected chi connectivity index (χ2v) is 14.5. The highest BCUT2D eigenvalue weighted by molar-refractivity contribution is 14.1. The van der Waals surface area contributed by atoms with Gasteiger partial charge in [-0.05, 0) is 65.6 Å². The number of aliphatic hydroxyl groups excluding tert-OH is 1. The molecule has 0 unspecified atom stereocenters. The molecule has 0 aromatic rings. The third-order valence-corrected chi connectivity index (χ3v) is 6.03. The molecule has 1 heterocycles. The van der Waals surface area contributed by atoms with Crippen LogP contribution in [-0.4, -0.2) is 44.6 Å². The van der Waals surface area contributed by atoms with Gasteiger partial charge in [-0.3, -0.25) is 0 Å². The van der Waals surface area contributed by atoms with Crippen molar-refractivity contribution in [2.24, 2.45) is 11.8 Å². The van der Waals surface area contributed by atoms with Crippen LogP contribution in [0.1, 0.15) is 40.5 Å². The lowest BCUT2D eigenvalue weighted by Crippen LogP contribution is -2.56. The van der Waals surface area contributed by atoms with Gasteiger partial charge >= 0.3 is 0 Å². The van der Waals surface area contributed by atoms with Crippen LogP contribution in [0.2, 0.25) is 19.6 Å². The van der Waals surface area contributed by atoms with Gasteiger partial charge in [-0.25, -0.2) is 0 Å². The Balaban J connectivity index is 3.20. The monoisotopic (exact) mass is 470 g/mol. The molecule has 0 amide bonds. The quantitative estimate of drug-likeness (QED) is 0.412. The van der Waals surface area contributed by atoms with Gasteiger partial charge in [0, 0.05) is 32.5 Å². The molecule has 0 aromatic heterocycles. The van der Waals surface area contributed by atoms with Gasteiger partial charge in [-0.15, -0.1) is 0 Å². The van der Waals surface area contributed by atoms with Gasteiger partial charge in [0.2, 0.25) is 0 Å². The summed E-state index contributed by atoms with van der Waals surface area (Å²) < 4.78 is 20.3. The first-order valence-corrected chi connectivity index (χ1v) is 13.2. The van der Waals surface area contributed by atoms with Crippen LogP contribution in [0.3, 0.4) is 0 Å². The van der Waals surface area contributed by atoms with Crippen molar-refractivity contribution >= 4 is 30.9 Å². The summed E-state index contributed by atoms with van der Waals surface area (Å²) in [7, 11) is -0.0999. The fourth-order valence-electron chi connectivity index (χ4n) is 3.64. The Morgan fingerprint density at radius 3 is 2.42 bits per heavy atom. The topological polar surface area (TPSA) is 47.9 Å². The zero-order valence-electron chi connectivity index (χ0n) is 16.5. The standard InChI is InChI=1S/C18H35IO4Si/c1-13(12-20)10-18(21-5)17(4,23-24(6,7)8)11-16(22-18)14(2)9-15(3)19/h9,13-14,16,20H,10-12H2,1-8H3/b15-9+/t13-,14+,16-,17+,18+/m0/s1. The maximum Gasteiger partial charge on any atom is 0.196 e. The van der Waals surface area contributed by atoms with Gasteiger partial charge in [0.15, 0.2) is 14.1 Å². The second-order valence-electron chi connectivity index (χ2n) is 8.37. The molecule has 1 rings (SSSR count). The maximum atomic E-state index is 9.55. The van der Waals surface area contributed by atoms with E-state index >= 15 is 0 Å². The van der Waals surface area contributed by atoms with Crippen LogP contribution in [-0.2, 0) is 13.9 Å². The van der Waals surface area contributed by atoms with Crippen molar-refractivity contribution in [1.29, 1.82) is 0 Å². The maximum absolute atomic E-state index is 9.55. The van der Waals surface area contributed by atoms with E-state index in [-0.39, 0.29) is 24.5 Å². The van der Waals surface area contributed by atoms with E-state index in [1.54, 1.807) is 7.11 Å². The molecule has 1 aliphatic heterocycles. The van der Waals surface area contributed by atoms with E-state index in [2.05, 4.69) is 69.1 Å². The number of hydrogen-bond donors (Lipinski definition) is 1. The Kier molecular flexibility index (Phi) is 7.97. The molecule has 0 saturated carbocycles. The van der Waals surface area contributed by atoms with Gasteiger partial charge in [-0.2, -0.15) is 0 Å². The summed E-state index contributed by atoms with van der Waals surface area (Å²) in [4.78, 5) is 0. The van der Waals surface area contributed by atoms with Gasteiger partial charge < -0.3 is 19.0 Å². The molecule has 0 spiro atoms. The molecule has 1 fully saturated rings. The number of halogens is 1. The first-order chi connectivity index (χ1) is 10.9. The third kappa shape index (κ3) is 5.51. The molecule has 1 saturated heterocycles. The molecule has 0 bridgehead atoms. The highest BCUT2D eigenvalue weighted by Crippen LogP contribution is 2.49. The minimum atomic E-state index is -1.80. The lowest BCUT2D eigenvalue weighted by molar-refractivity contribution is -0.279. The SMILES string of the molecule is CO[C@]1(C[C@H](C)CO)O[C@H]([C@H](C)/C=C(\C)I)C[C@@]1(C)O[Si](C)(C)C. The van der Waals surface area contributed by atoms with E-state index in [0.717, 1.165) is 6.42 Å². The van der Waals surface area contributed by atoms with Crippen LogP contribution in [0, 0.1) is 11.8 Å². The third-order valence-electron chi connectivity index (χ3n) is 4.61. The first-order valence-electron chi connectivity index (χ1n) is 8.76. The van der Waals surface area contributed by atoms with Crippen molar-refractivity contribution in [2.45, 2.75) is 77.7 Å². The molecule has 24 heavy (non-hydrogen) atoms. The van der Waals surface area contributed by atoms with Crippen molar-refractivity contribution in [3.63, 3.8) is 0 Å². The number of ether oxygens (including phenoxy) is 2. The Hall–Kier alpha value is 0.527. The number of hydrogen-bond acceptors (Lipinski definition) is 4. The number of rotatable bonds is 8. The predicted octanol–water partition coefficient (Wildman–Crippen LogP) is 4.72. The molecule has 4 nitrogen and oxygen atoms in total. The van der Waals surface area contributed by atoms with Crippen LogP contribution in [0.15, 0.2) is 9.66 Å². The molecule has 0 aromatic carbocycles. The summed E-state index contributed by atoms with van der Waals surface area (Å²) >= 11 is 2.34. The lowest BCUT2D eigenvalue weighted by Gasteiger charge is -2.45. The molecule has 6 heteroatoms. The van der Waals surface area contributed by atoms with Gasteiger partial charge in [0.25, 0.3) is 0 Å². The van der Waals surface area contributed by atoms with E-state index in [1.165, 1.54) is 3.58 Å². The Morgan fingerprint density at radius 2 is 2.00 bits per heavy atom. The summed E-state index contributed by atoms with van der Waals surface area (Å²) in [5, 5.41) is 9.55. The van der Waals surface area contributed by atoms with Crippen LogP contribution in [0.25, 0.3) is 0 Å². The Morgan fingerprint density at radius 1 is 1.42 bits per heavy atom. The fraction of sp³-hybridized carbons (Fsp3) is 0.889. The largest absolute Gasteiger partial charge is 0.407 e. The minimum absolute atomic E-state index is 0.0434. The summed E-state index contributed by atoms with van der Waals surface area (Å²) in [6.45, 7) is 15.1. The van der Waals surface area contributed by atoms with E-state index < -0.39 is 19.7 Å². The molecule has 142 valence electrons. The Labute approximate surface area is 162 Å². The van der Waals surface area contributed by atoms with Crippen LogP contribution in [0.4, 0.5) is 0 Å². The average Bonchev–Trinajstić information content (AvgIpc) is 2.69. The molecular formula is C18H35IO4Si. The van der Waals surface area contributed by atoms with E-state index in [1.807, 2.05) is 6.92 Å². The zero-order valence-corrected chi connectivity index (χ0v) is 19.6. The molecule has 1 aliphatic rings. The van der Waals surface area contributed by atoms with Crippen molar-refractivity contribution in [2.75, 3.05) is 13.7 Å². The highest BCUT2D eigenvalue weighted by Gasteiger charge is 2.60. The van der Waals surface area contributed by atoms with Crippen molar-refractivity contribution in [3.8, 4) is 0 Å². The van der Waals surface area contributed by atoms with Gasteiger partial charge in [-0.1, -0.05) is 19.9 Å². The molecule has 0 radical (unpaired) electrons. The lowest BCUT2D eigenvalue weighted by atomic mass is 9.85. The minimum Gasteiger partial charge on any atom is -0.407 e. The summed E-state index contributed by atoms with van der Waals surface area (Å²) in [6.07, 6.45) is 3.70. The predicted molar refractivity (Wildman–Crippen MR) is 110 cm³/mol. The number of allylic oxidation sites excluding steroid dienone is 1. The fourth-order valence-corrected chi connectivity index (χ4v) is 5.80. The first kappa shape index (κ1) is 22.6. The normalized spacial score (nSPS) is 34.4. The average molecular weight is 470 g/mol. The zero-order chi connectivity index (χ0) is 18.8. The summed E-state index contributed by atoms with van der Waals surface area (Å²) in [6, 6.07) is 0. The summed E-state index contributed by atoms with van der Waals surface area (Å²) in [5.41, 5.74) is -0.512. The molecular weight excluding hydrogens is 435 g/mol. The number of methoxy groups -OCH3 is 1. The van der Waals surface area contributed by atoms with Crippen molar-refractivity contribution in [3.05, 3.63) is 9.66 Å². The Bertz CT molecular complexity index is 447. The highest BCUT2D eigenvalue weighted by atomic mass is 127. The van der Waals surface area contributed by atoms with Gasteiger partial charge in [0.05, 0.1) is 6.10 Å². The van der Waals surface area contributed by atoms with E-state index in [9.17, 15) is 5.11 Å². The molecule has 5 atom stereocenters.